The van der Waals surface area contributed by atoms with Crippen molar-refractivity contribution in [3.8, 4) is 0 Å². The molecule has 0 spiro atoms. The van der Waals surface area contributed by atoms with Gasteiger partial charge in [0.25, 0.3) is 0 Å². The van der Waals surface area contributed by atoms with Crippen LogP contribution in [0.2, 0.25) is 0 Å². The summed E-state index contributed by atoms with van der Waals surface area (Å²) >= 11 is 0. The smallest absolute Gasteiger partial charge is 0.407 e. The van der Waals surface area contributed by atoms with Crippen molar-refractivity contribution in [2.75, 3.05) is 0 Å². The molecule has 2 fully saturated rings. The third-order valence-electron chi connectivity index (χ3n) is 7.51. The van der Waals surface area contributed by atoms with Crippen LogP contribution in [0.4, 0.5) is 4.79 Å². The van der Waals surface area contributed by atoms with Gasteiger partial charge in [0.05, 0.1) is 24.1 Å². The molecule has 8 heteroatoms. The zero-order valence-corrected chi connectivity index (χ0v) is 23.4. The highest BCUT2D eigenvalue weighted by Gasteiger charge is 2.23. The minimum atomic E-state index is -1.50. The molecule has 2 aromatic carbocycles. The third-order valence-corrected chi connectivity index (χ3v) is 7.51. The van der Waals surface area contributed by atoms with Crippen molar-refractivity contribution in [2.24, 2.45) is 0 Å². The van der Waals surface area contributed by atoms with E-state index in [4.69, 9.17) is 9.47 Å². The molecule has 218 valence electrons. The van der Waals surface area contributed by atoms with Gasteiger partial charge in [-0.3, -0.25) is 4.79 Å². The highest BCUT2D eigenvalue weighted by molar-refractivity contribution is 5.79. The van der Waals surface area contributed by atoms with Crippen molar-refractivity contribution in [1.29, 1.82) is 0 Å². The summed E-state index contributed by atoms with van der Waals surface area (Å²) in [7, 11) is 0. The fraction of sp³-hybridized carbons (Fsp3) is 0.531. The number of alkyl carbamates (subject to hydrolysis) is 1. The second-order valence-electron chi connectivity index (χ2n) is 10.8. The highest BCUT2D eigenvalue weighted by atomic mass is 16.5. The maximum Gasteiger partial charge on any atom is 0.407 e. The number of nitrogens with two attached hydrogens (primary N) is 1. The molecule has 0 aliphatic heterocycles. The van der Waals surface area contributed by atoms with Crippen LogP contribution in [0.25, 0.3) is 0 Å². The van der Waals surface area contributed by atoms with E-state index in [1.54, 1.807) is 24.3 Å². The van der Waals surface area contributed by atoms with Crippen LogP contribution in [0.15, 0.2) is 60.7 Å². The van der Waals surface area contributed by atoms with Gasteiger partial charge in [-0.2, -0.15) is 0 Å². The average Bonchev–Trinajstić information content (AvgIpc) is 2.99. The number of carbonyl (C=O) groups excluding carboxylic acids is 3. The first-order valence-corrected chi connectivity index (χ1v) is 14.7. The lowest BCUT2D eigenvalue weighted by Gasteiger charge is -2.27. The predicted molar refractivity (Wildman–Crippen MR) is 150 cm³/mol. The molecule has 40 heavy (non-hydrogen) atoms. The Labute approximate surface area is 237 Å². The standard InChI is InChI=1S/C20H21NO6.C12H23N/c22-18(26-13-15-7-3-1-4-8-15)12-11-17(19(23)24)21-20(25)27-14-16-9-5-2-6-10-16;1-3-7-11(8-4-1)13-12-9-5-2-6-10-12/h1-10,17H,11-14H2,(H,21,25)(H,23,24);11-13H,1-10H2/t17-;/m1./s1. The first-order valence-electron chi connectivity index (χ1n) is 14.7. The van der Waals surface area contributed by atoms with Gasteiger partial charge in [-0.1, -0.05) is 73.5 Å². The second-order valence-corrected chi connectivity index (χ2v) is 10.8. The number of aliphatic carboxylic acids is 1. The number of carboxylic acid groups (broad SMARTS) is 1. The zero-order chi connectivity index (χ0) is 28.4. The first kappa shape index (κ1) is 31.1. The van der Waals surface area contributed by atoms with Crippen LogP contribution < -0.4 is 15.7 Å². The van der Waals surface area contributed by atoms with Gasteiger partial charge in [-0.15, -0.1) is 0 Å². The molecule has 2 aliphatic carbocycles. The predicted octanol–water partition coefficient (Wildman–Crippen LogP) is 3.77. The number of hydrogen-bond acceptors (Lipinski definition) is 6. The fourth-order valence-corrected chi connectivity index (χ4v) is 5.27. The summed E-state index contributed by atoms with van der Waals surface area (Å²) < 4.78 is 10.0. The normalized spacial score (nSPS) is 16.6. The van der Waals surface area contributed by atoms with Crippen molar-refractivity contribution in [3.63, 3.8) is 0 Å². The van der Waals surface area contributed by atoms with Crippen LogP contribution in [-0.2, 0) is 32.3 Å². The molecule has 1 amide bonds. The van der Waals surface area contributed by atoms with Crippen molar-refractivity contribution in [3.05, 3.63) is 71.8 Å². The molecule has 4 rings (SSSR count). The number of benzene rings is 2. The number of hydrogen-bond donors (Lipinski definition) is 2. The molecule has 0 heterocycles. The number of esters is 1. The van der Waals surface area contributed by atoms with Gasteiger partial charge in [0.1, 0.15) is 13.2 Å². The Morgan fingerprint density at radius 2 is 1.23 bits per heavy atom. The fourth-order valence-electron chi connectivity index (χ4n) is 5.27. The number of nitrogens with one attached hydrogen (secondary N) is 1. The Bertz CT molecular complexity index is 989. The van der Waals surface area contributed by atoms with E-state index in [0.717, 1.165) is 23.2 Å². The SMILES string of the molecule is C1CCC([NH2+]C2CCCCC2)CC1.O=C(CC[C@@H](NC(=O)OCc1ccccc1)C(=O)[O-])OCc1ccccc1. The third kappa shape index (κ3) is 12.6. The molecule has 0 unspecified atom stereocenters. The quantitative estimate of drug-likeness (QED) is 0.410. The summed E-state index contributed by atoms with van der Waals surface area (Å²) in [6.07, 6.45) is 13.7. The van der Waals surface area contributed by atoms with Crippen LogP contribution in [0.3, 0.4) is 0 Å². The molecule has 8 nitrogen and oxygen atoms in total. The molecular formula is C32H44N2O6. The van der Waals surface area contributed by atoms with Crippen LogP contribution >= 0.6 is 0 Å². The summed E-state index contributed by atoms with van der Waals surface area (Å²) in [5.41, 5.74) is 1.59. The number of amides is 1. The Hall–Kier alpha value is -3.39. The van der Waals surface area contributed by atoms with Gasteiger partial charge in [-0.05, 0) is 68.9 Å². The molecule has 0 saturated heterocycles. The van der Waals surface area contributed by atoms with Gasteiger partial charge in [-0.25, -0.2) is 4.79 Å². The maximum absolute atomic E-state index is 11.8. The van der Waals surface area contributed by atoms with Crippen LogP contribution in [-0.4, -0.2) is 36.2 Å². The van der Waals surface area contributed by atoms with Crippen molar-refractivity contribution in [1.82, 2.24) is 5.32 Å². The molecule has 2 saturated carbocycles. The Balaban J connectivity index is 0.000000281. The maximum atomic E-state index is 11.8. The lowest BCUT2D eigenvalue weighted by atomic mass is 9.91. The van der Waals surface area contributed by atoms with Crippen molar-refractivity contribution >= 4 is 18.0 Å². The monoisotopic (exact) mass is 552 g/mol. The van der Waals surface area contributed by atoms with Gasteiger partial charge in [0.15, 0.2) is 0 Å². The van der Waals surface area contributed by atoms with E-state index in [9.17, 15) is 19.5 Å². The molecule has 1 atom stereocenters. The lowest BCUT2D eigenvalue weighted by molar-refractivity contribution is -0.725. The number of carbonyl (C=O) groups is 3. The molecule has 0 radical (unpaired) electrons. The minimum absolute atomic E-state index is 0.00551. The number of ether oxygens (including phenoxy) is 2. The summed E-state index contributed by atoms with van der Waals surface area (Å²) in [6, 6.07) is 18.7. The number of rotatable bonds is 11. The Morgan fingerprint density at radius 1 is 0.750 bits per heavy atom. The van der Waals surface area contributed by atoms with E-state index in [1.165, 1.54) is 64.2 Å². The topological polar surface area (TPSA) is 121 Å². The van der Waals surface area contributed by atoms with Crippen molar-refractivity contribution < 1.29 is 34.3 Å². The van der Waals surface area contributed by atoms with E-state index in [2.05, 4.69) is 10.6 Å². The largest absolute Gasteiger partial charge is 0.548 e. The van der Waals surface area contributed by atoms with E-state index in [0.29, 0.717) is 0 Å². The van der Waals surface area contributed by atoms with Crippen LogP contribution in [0.1, 0.15) is 88.2 Å². The minimum Gasteiger partial charge on any atom is -0.548 e. The first-order chi connectivity index (χ1) is 19.5. The zero-order valence-electron chi connectivity index (χ0n) is 23.4. The molecule has 0 bridgehead atoms. The average molecular weight is 553 g/mol. The second kappa shape index (κ2) is 18.1. The highest BCUT2D eigenvalue weighted by Crippen LogP contribution is 2.18. The lowest BCUT2D eigenvalue weighted by Crippen LogP contribution is -2.95. The molecule has 2 aromatic rings. The van der Waals surface area contributed by atoms with Crippen LogP contribution in [0, 0.1) is 0 Å². The van der Waals surface area contributed by atoms with Gasteiger partial charge in [0, 0.05) is 6.42 Å². The Kier molecular flexibility index (Phi) is 14.1. The molecule has 3 N–H and O–H groups in total. The summed E-state index contributed by atoms with van der Waals surface area (Å²) in [4.78, 5) is 34.7. The van der Waals surface area contributed by atoms with E-state index >= 15 is 0 Å². The van der Waals surface area contributed by atoms with Gasteiger partial charge in [0.2, 0.25) is 0 Å². The molecule has 2 aliphatic rings. The summed E-state index contributed by atoms with van der Waals surface area (Å²) in [5.74, 6) is -2.06. The van der Waals surface area contributed by atoms with E-state index < -0.39 is 24.1 Å². The van der Waals surface area contributed by atoms with Crippen LogP contribution in [0.5, 0.6) is 0 Å². The molecular weight excluding hydrogens is 508 g/mol. The van der Waals surface area contributed by atoms with Gasteiger partial charge < -0.3 is 30.0 Å². The van der Waals surface area contributed by atoms with Crippen molar-refractivity contribution in [2.45, 2.75) is 108 Å². The molecule has 0 aromatic heterocycles. The van der Waals surface area contributed by atoms with E-state index in [-0.39, 0.29) is 26.1 Å². The van der Waals surface area contributed by atoms with E-state index in [1.807, 2.05) is 36.4 Å². The van der Waals surface area contributed by atoms with Gasteiger partial charge >= 0.3 is 12.1 Å². The number of quaternary nitrogens is 1. The summed E-state index contributed by atoms with van der Waals surface area (Å²) in [5, 5.41) is 16.1. The number of carboxylic acids is 1. The summed E-state index contributed by atoms with van der Waals surface area (Å²) in [6.45, 7) is 0.105. The Morgan fingerprint density at radius 3 is 1.70 bits per heavy atom.